The van der Waals surface area contributed by atoms with Crippen molar-refractivity contribution >= 4 is 11.6 Å². The molecular formula is C17H23N3O5. The van der Waals surface area contributed by atoms with Gasteiger partial charge in [-0.15, -0.1) is 0 Å². The van der Waals surface area contributed by atoms with E-state index in [4.69, 9.17) is 9.47 Å². The van der Waals surface area contributed by atoms with E-state index in [0.717, 1.165) is 39.0 Å². The molecule has 2 aliphatic rings. The Kier molecular flexibility index (Phi) is 5.37. The number of hydrogen-bond donors (Lipinski definition) is 1. The zero-order valence-corrected chi connectivity index (χ0v) is 14.3. The third-order valence-electron chi connectivity index (χ3n) is 5.08. The van der Waals surface area contributed by atoms with Crippen molar-refractivity contribution in [2.75, 3.05) is 39.9 Å². The molecule has 1 N–H and O–H groups in total. The number of carbonyl (C=O) groups excluding carboxylic acids is 1. The Morgan fingerprint density at radius 3 is 2.60 bits per heavy atom. The molecule has 8 nitrogen and oxygen atoms in total. The number of amides is 1. The molecule has 0 aromatic heterocycles. The lowest BCUT2D eigenvalue weighted by molar-refractivity contribution is -0.385. The van der Waals surface area contributed by atoms with Crippen LogP contribution in [0.5, 0.6) is 11.5 Å². The molecule has 2 heterocycles. The minimum Gasteiger partial charge on any atom is -0.490 e. The SMILES string of the molecule is COc1cc(OCC(=O)N2CC[C@@H]3CNC[C@@H]3CC2)ccc1[N+](=O)[O-]. The quantitative estimate of drug-likeness (QED) is 0.639. The highest BCUT2D eigenvalue weighted by atomic mass is 16.6. The topological polar surface area (TPSA) is 93.9 Å². The molecule has 25 heavy (non-hydrogen) atoms. The number of nitrogens with zero attached hydrogens (tertiary/aromatic N) is 2. The molecule has 0 unspecified atom stereocenters. The van der Waals surface area contributed by atoms with Crippen LogP contribution in [0.15, 0.2) is 18.2 Å². The molecule has 0 bridgehead atoms. The Morgan fingerprint density at radius 1 is 1.32 bits per heavy atom. The molecule has 2 fully saturated rings. The van der Waals surface area contributed by atoms with E-state index >= 15 is 0 Å². The number of fused-ring (bicyclic) bond motifs is 1. The summed E-state index contributed by atoms with van der Waals surface area (Å²) >= 11 is 0. The van der Waals surface area contributed by atoms with Crippen LogP contribution in [0.25, 0.3) is 0 Å². The van der Waals surface area contributed by atoms with Crippen LogP contribution in [0.3, 0.4) is 0 Å². The third kappa shape index (κ3) is 4.01. The molecule has 8 heteroatoms. The number of hydrogen-bond acceptors (Lipinski definition) is 6. The van der Waals surface area contributed by atoms with Crippen LogP contribution in [0.2, 0.25) is 0 Å². The molecule has 0 saturated carbocycles. The van der Waals surface area contributed by atoms with Gasteiger partial charge in [0.05, 0.1) is 12.0 Å². The average molecular weight is 349 g/mol. The molecule has 1 aromatic carbocycles. The molecule has 2 atom stereocenters. The molecule has 3 rings (SSSR count). The van der Waals surface area contributed by atoms with Gasteiger partial charge in [0, 0.05) is 25.2 Å². The fourth-order valence-corrected chi connectivity index (χ4v) is 3.60. The van der Waals surface area contributed by atoms with Crippen molar-refractivity contribution in [2.45, 2.75) is 12.8 Å². The summed E-state index contributed by atoms with van der Waals surface area (Å²) in [5.41, 5.74) is -0.131. The molecule has 2 aliphatic heterocycles. The van der Waals surface area contributed by atoms with Gasteiger partial charge in [0.2, 0.25) is 5.75 Å². The molecular weight excluding hydrogens is 326 g/mol. The second kappa shape index (κ2) is 7.69. The summed E-state index contributed by atoms with van der Waals surface area (Å²) in [4.78, 5) is 24.7. The monoisotopic (exact) mass is 349 g/mol. The van der Waals surface area contributed by atoms with E-state index in [1.165, 1.54) is 25.3 Å². The van der Waals surface area contributed by atoms with Crippen LogP contribution >= 0.6 is 0 Å². The Hall–Kier alpha value is -2.35. The number of likely N-dealkylation sites (tertiary alicyclic amines) is 1. The Bertz CT molecular complexity index is 637. The Morgan fingerprint density at radius 2 is 2.00 bits per heavy atom. The molecule has 2 saturated heterocycles. The van der Waals surface area contributed by atoms with Gasteiger partial charge in [-0.3, -0.25) is 14.9 Å². The van der Waals surface area contributed by atoms with Gasteiger partial charge in [-0.25, -0.2) is 0 Å². The summed E-state index contributed by atoms with van der Waals surface area (Å²) in [6, 6.07) is 4.23. The molecule has 1 aromatic rings. The molecule has 1 amide bonds. The first-order valence-electron chi connectivity index (χ1n) is 8.52. The summed E-state index contributed by atoms with van der Waals surface area (Å²) in [6.07, 6.45) is 2.05. The maximum atomic E-state index is 12.4. The van der Waals surface area contributed by atoms with Crippen LogP contribution in [-0.2, 0) is 4.79 Å². The normalized spacial score (nSPS) is 22.8. The zero-order valence-electron chi connectivity index (χ0n) is 14.3. The van der Waals surface area contributed by atoms with Gasteiger partial charge in [-0.1, -0.05) is 0 Å². The second-order valence-corrected chi connectivity index (χ2v) is 6.52. The van der Waals surface area contributed by atoms with Gasteiger partial charge in [0.1, 0.15) is 5.75 Å². The van der Waals surface area contributed by atoms with Gasteiger partial charge < -0.3 is 19.7 Å². The number of nitro benzene ring substituents is 1. The van der Waals surface area contributed by atoms with E-state index in [1.807, 2.05) is 4.90 Å². The maximum absolute atomic E-state index is 12.4. The highest BCUT2D eigenvalue weighted by Crippen LogP contribution is 2.31. The van der Waals surface area contributed by atoms with Crippen LogP contribution in [0, 0.1) is 22.0 Å². The second-order valence-electron chi connectivity index (χ2n) is 6.52. The van der Waals surface area contributed by atoms with Crippen LogP contribution in [0.4, 0.5) is 5.69 Å². The van der Waals surface area contributed by atoms with Gasteiger partial charge in [-0.2, -0.15) is 0 Å². The van der Waals surface area contributed by atoms with Gasteiger partial charge in [0.25, 0.3) is 5.91 Å². The first-order chi connectivity index (χ1) is 12.1. The lowest BCUT2D eigenvalue weighted by atomic mass is 9.92. The summed E-state index contributed by atoms with van der Waals surface area (Å²) < 4.78 is 10.5. The fourth-order valence-electron chi connectivity index (χ4n) is 3.60. The van der Waals surface area contributed by atoms with E-state index in [0.29, 0.717) is 17.6 Å². The summed E-state index contributed by atoms with van der Waals surface area (Å²) in [5.74, 6) is 1.78. The smallest absolute Gasteiger partial charge is 0.311 e. The zero-order chi connectivity index (χ0) is 17.8. The van der Waals surface area contributed by atoms with E-state index in [9.17, 15) is 14.9 Å². The van der Waals surface area contributed by atoms with Crippen molar-refractivity contribution < 1.29 is 19.2 Å². The highest BCUT2D eigenvalue weighted by molar-refractivity contribution is 5.77. The predicted molar refractivity (Wildman–Crippen MR) is 90.8 cm³/mol. The van der Waals surface area contributed by atoms with Crippen molar-refractivity contribution in [3.63, 3.8) is 0 Å². The maximum Gasteiger partial charge on any atom is 0.311 e. The van der Waals surface area contributed by atoms with Gasteiger partial charge in [0.15, 0.2) is 6.61 Å². The number of methoxy groups -OCH3 is 1. The van der Waals surface area contributed by atoms with Crippen molar-refractivity contribution in [2.24, 2.45) is 11.8 Å². The molecule has 0 spiro atoms. The average Bonchev–Trinajstić information content (AvgIpc) is 2.97. The number of nitrogens with one attached hydrogen (secondary N) is 1. The molecule has 136 valence electrons. The number of ether oxygens (including phenoxy) is 2. The first kappa shape index (κ1) is 17.5. The van der Waals surface area contributed by atoms with E-state index < -0.39 is 4.92 Å². The summed E-state index contributed by atoms with van der Waals surface area (Å²) in [6.45, 7) is 3.54. The number of carbonyl (C=O) groups is 1. The lowest BCUT2D eigenvalue weighted by Crippen LogP contribution is -2.36. The lowest BCUT2D eigenvalue weighted by Gasteiger charge is -2.21. The summed E-state index contributed by atoms with van der Waals surface area (Å²) in [7, 11) is 1.36. The van der Waals surface area contributed by atoms with Crippen LogP contribution in [0.1, 0.15) is 12.8 Å². The summed E-state index contributed by atoms with van der Waals surface area (Å²) in [5, 5.41) is 14.3. The van der Waals surface area contributed by atoms with Crippen LogP contribution in [-0.4, -0.2) is 55.6 Å². The minimum atomic E-state index is -0.517. The molecule has 0 radical (unpaired) electrons. The van der Waals surface area contributed by atoms with Gasteiger partial charge in [-0.05, 0) is 43.8 Å². The largest absolute Gasteiger partial charge is 0.490 e. The Balaban J connectivity index is 1.56. The van der Waals surface area contributed by atoms with Crippen molar-refractivity contribution in [1.82, 2.24) is 10.2 Å². The Labute approximate surface area is 146 Å². The highest BCUT2D eigenvalue weighted by Gasteiger charge is 2.31. The van der Waals surface area contributed by atoms with Crippen molar-refractivity contribution in [3.05, 3.63) is 28.3 Å². The van der Waals surface area contributed by atoms with E-state index in [2.05, 4.69) is 5.32 Å². The number of nitro groups is 1. The number of rotatable bonds is 5. The third-order valence-corrected chi connectivity index (χ3v) is 5.08. The van der Waals surface area contributed by atoms with Gasteiger partial charge >= 0.3 is 5.69 Å². The first-order valence-corrected chi connectivity index (χ1v) is 8.52. The van der Waals surface area contributed by atoms with E-state index in [1.54, 1.807) is 0 Å². The predicted octanol–water partition coefficient (Wildman–Crippen LogP) is 1.44. The van der Waals surface area contributed by atoms with Crippen LogP contribution < -0.4 is 14.8 Å². The van der Waals surface area contributed by atoms with Crippen molar-refractivity contribution in [1.29, 1.82) is 0 Å². The number of benzene rings is 1. The van der Waals surface area contributed by atoms with E-state index in [-0.39, 0.29) is 24.0 Å². The molecule has 0 aliphatic carbocycles. The minimum absolute atomic E-state index is 0.0507. The fraction of sp³-hybridized carbons (Fsp3) is 0.588. The standard InChI is InChI=1S/C17H23N3O5/c1-24-16-8-14(2-3-15(16)20(22)23)25-11-17(21)19-6-4-12-9-18-10-13(12)5-7-19/h2-3,8,12-13,18H,4-7,9-11H2,1H3/t12-,13+. The van der Waals surface area contributed by atoms with Crippen molar-refractivity contribution in [3.8, 4) is 11.5 Å².